The molecule has 3 atom stereocenters. The number of hydrogen-bond donors (Lipinski definition) is 2. The molecule has 1 saturated heterocycles. The molecule has 1 aliphatic carbocycles. The maximum Gasteiger partial charge on any atom is 0.252 e. The minimum Gasteiger partial charge on any atom is -0.497 e. The van der Waals surface area contributed by atoms with E-state index in [1.807, 2.05) is 35.2 Å². The van der Waals surface area contributed by atoms with Crippen molar-refractivity contribution in [2.45, 2.75) is 37.1 Å². The highest BCUT2D eigenvalue weighted by atomic mass is 32.2. The van der Waals surface area contributed by atoms with Crippen molar-refractivity contribution < 1.29 is 19.1 Å². The van der Waals surface area contributed by atoms with Gasteiger partial charge in [0.25, 0.3) is 5.91 Å². The van der Waals surface area contributed by atoms with Crippen molar-refractivity contribution in [1.29, 1.82) is 0 Å². The maximum absolute atomic E-state index is 13.2. The van der Waals surface area contributed by atoms with Crippen molar-refractivity contribution in [2.24, 2.45) is 11.8 Å². The van der Waals surface area contributed by atoms with Gasteiger partial charge in [0.1, 0.15) is 5.75 Å². The number of benzene rings is 2. The number of anilines is 1. The molecule has 1 aliphatic heterocycles. The number of methoxy groups -OCH3 is 1. The average Bonchev–Trinajstić information content (AvgIpc) is 3.29. The summed E-state index contributed by atoms with van der Waals surface area (Å²) in [6, 6.07) is 14.6. The molecule has 1 heterocycles. The molecule has 0 radical (unpaired) electrons. The number of thioether (sulfide) groups is 1. The Balaban J connectivity index is 1.37. The summed E-state index contributed by atoms with van der Waals surface area (Å²) in [4.78, 5) is 40.2. The van der Waals surface area contributed by atoms with Crippen molar-refractivity contribution in [2.75, 3.05) is 31.3 Å². The third-order valence-corrected chi connectivity index (χ3v) is 7.78. The second-order valence-corrected chi connectivity index (χ2v) is 9.94. The Morgan fingerprint density at radius 1 is 1.09 bits per heavy atom. The summed E-state index contributed by atoms with van der Waals surface area (Å²) in [5.41, 5.74) is 1.24. The first-order valence-corrected chi connectivity index (χ1v) is 12.6. The summed E-state index contributed by atoms with van der Waals surface area (Å²) in [6.45, 7) is 3.12. The summed E-state index contributed by atoms with van der Waals surface area (Å²) in [5, 5.41) is 6.11. The van der Waals surface area contributed by atoms with Crippen molar-refractivity contribution >= 4 is 35.2 Å². The summed E-state index contributed by atoms with van der Waals surface area (Å²) >= 11 is 1.34. The van der Waals surface area contributed by atoms with Gasteiger partial charge in [0, 0.05) is 48.6 Å². The van der Waals surface area contributed by atoms with Gasteiger partial charge in [0.2, 0.25) is 11.8 Å². The quantitative estimate of drug-likeness (QED) is 0.588. The number of fused-ring (bicyclic) bond motifs is 1. The predicted octanol–water partition coefficient (Wildman–Crippen LogP) is 3.80. The highest BCUT2D eigenvalue weighted by molar-refractivity contribution is 8.00. The number of ether oxygens (including phenoxy) is 1. The molecule has 1 saturated carbocycles. The molecule has 2 aliphatic rings. The Kier molecular flexibility index (Phi) is 7.77. The summed E-state index contributed by atoms with van der Waals surface area (Å²) in [5.74, 6) is 1.44. The third kappa shape index (κ3) is 5.73. The summed E-state index contributed by atoms with van der Waals surface area (Å²) < 4.78 is 5.19. The van der Waals surface area contributed by atoms with Gasteiger partial charge in [-0.1, -0.05) is 24.6 Å². The van der Waals surface area contributed by atoms with Gasteiger partial charge in [-0.05, 0) is 43.0 Å². The van der Waals surface area contributed by atoms with E-state index in [0.717, 1.165) is 30.7 Å². The smallest absolute Gasteiger partial charge is 0.252 e. The van der Waals surface area contributed by atoms with Crippen molar-refractivity contribution in [3.8, 4) is 5.75 Å². The van der Waals surface area contributed by atoms with Gasteiger partial charge in [0.15, 0.2) is 0 Å². The van der Waals surface area contributed by atoms with Gasteiger partial charge in [-0.15, -0.1) is 11.8 Å². The minimum atomic E-state index is -0.154. The number of hydrogen-bond acceptors (Lipinski definition) is 5. The molecule has 2 fully saturated rings. The number of rotatable bonds is 7. The van der Waals surface area contributed by atoms with Crippen LogP contribution in [0.1, 0.15) is 36.5 Å². The highest BCUT2D eigenvalue weighted by Gasteiger charge is 2.41. The largest absolute Gasteiger partial charge is 0.497 e. The Labute approximate surface area is 204 Å². The highest BCUT2D eigenvalue weighted by Crippen LogP contribution is 2.37. The number of amides is 3. The van der Waals surface area contributed by atoms with Crippen molar-refractivity contribution in [1.82, 2.24) is 10.2 Å². The van der Waals surface area contributed by atoms with Gasteiger partial charge >= 0.3 is 0 Å². The molecule has 2 N–H and O–H groups in total. The van der Waals surface area contributed by atoms with Crippen LogP contribution < -0.4 is 15.4 Å². The van der Waals surface area contributed by atoms with E-state index in [9.17, 15) is 14.4 Å². The van der Waals surface area contributed by atoms with Crippen LogP contribution in [0.15, 0.2) is 53.4 Å². The zero-order chi connectivity index (χ0) is 24.1. The summed E-state index contributed by atoms with van der Waals surface area (Å²) in [7, 11) is 1.58. The van der Waals surface area contributed by atoms with E-state index < -0.39 is 0 Å². The monoisotopic (exact) mass is 481 g/mol. The molecule has 0 bridgehead atoms. The Bertz CT molecular complexity index is 1060. The topological polar surface area (TPSA) is 87.7 Å². The lowest BCUT2D eigenvalue weighted by Gasteiger charge is -2.33. The second-order valence-electron chi connectivity index (χ2n) is 8.92. The molecule has 2 aromatic carbocycles. The molecular weight excluding hydrogens is 450 g/mol. The Hall–Kier alpha value is -3.00. The zero-order valence-electron chi connectivity index (χ0n) is 19.6. The van der Waals surface area contributed by atoms with Crippen LogP contribution in [0.3, 0.4) is 0 Å². The van der Waals surface area contributed by atoms with Crippen LogP contribution >= 0.6 is 11.8 Å². The molecular formula is C26H31N3O4S. The number of nitrogens with zero attached hydrogens (tertiary/aromatic N) is 1. The fraction of sp³-hybridized carbons (Fsp3) is 0.423. The van der Waals surface area contributed by atoms with E-state index in [0.29, 0.717) is 35.4 Å². The lowest BCUT2D eigenvalue weighted by Crippen LogP contribution is -2.45. The minimum absolute atomic E-state index is 0.0602. The molecule has 34 heavy (non-hydrogen) atoms. The van der Waals surface area contributed by atoms with E-state index >= 15 is 0 Å². The number of carbonyl (C=O) groups is 3. The van der Waals surface area contributed by atoms with Crippen molar-refractivity contribution in [3.63, 3.8) is 0 Å². The molecule has 8 heteroatoms. The number of likely N-dealkylation sites (tertiary alicyclic amines) is 1. The van der Waals surface area contributed by atoms with Gasteiger partial charge in [0.05, 0.1) is 18.4 Å². The SMILES string of the molecule is COc1cccc(NC(=O)CSc2ccccc2C(=O)NC2CCCC3CN(C(C)=O)CC32)c1. The first-order chi connectivity index (χ1) is 16.4. The molecule has 180 valence electrons. The molecule has 3 amide bonds. The van der Waals surface area contributed by atoms with E-state index in [1.165, 1.54) is 11.8 Å². The average molecular weight is 482 g/mol. The van der Waals surface area contributed by atoms with E-state index in [-0.39, 0.29) is 29.5 Å². The molecule has 0 spiro atoms. The van der Waals surface area contributed by atoms with Crippen LogP contribution in [0, 0.1) is 11.8 Å². The van der Waals surface area contributed by atoms with E-state index in [4.69, 9.17) is 4.74 Å². The first-order valence-electron chi connectivity index (χ1n) is 11.7. The summed E-state index contributed by atoms with van der Waals surface area (Å²) in [6.07, 6.45) is 3.09. The lowest BCUT2D eigenvalue weighted by molar-refractivity contribution is -0.128. The van der Waals surface area contributed by atoms with Crippen LogP contribution in [0.2, 0.25) is 0 Å². The zero-order valence-corrected chi connectivity index (χ0v) is 20.4. The van der Waals surface area contributed by atoms with Crippen LogP contribution in [-0.2, 0) is 9.59 Å². The lowest BCUT2D eigenvalue weighted by atomic mass is 9.78. The van der Waals surface area contributed by atoms with Crippen LogP contribution in [0.4, 0.5) is 5.69 Å². The van der Waals surface area contributed by atoms with Crippen LogP contribution in [0.5, 0.6) is 5.75 Å². The molecule has 0 aromatic heterocycles. The van der Waals surface area contributed by atoms with Crippen molar-refractivity contribution in [3.05, 3.63) is 54.1 Å². The fourth-order valence-electron chi connectivity index (χ4n) is 4.98. The van der Waals surface area contributed by atoms with Gasteiger partial charge < -0.3 is 20.3 Å². The number of nitrogens with one attached hydrogen (secondary N) is 2. The van der Waals surface area contributed by atoms with E-state index in [1.54, 1.807) is 32.2 Å². The van der Waals surface area contributed by atoms with Crippen LogP contribution in [0.25, 0.3) is 0 Å². The molecule has 3 unspecified atom stereocenters. The van der Waals surface area contributed by atoms with E-state index in [2.05, 4.69) is 10.6 Å². The number of carbonyl (C=O) groups excluding carboxylic acids is 3. The predicted molar refractivity (Wildman–Crippen MR) is 133 cm³/mol. The second kappa shape index (κ2) is 11.0. The maximum atomic E-state index is 13.2. The standard InChI is InChI=1S/C26H31N3O4S/c1-17(30)29-14-18-7-5-11-23(22(18)15-29)28-26(32)21-10-3-4-12-24(21)34-16-25(31)27-19-8-6-9-20(13-19)33-2/h3-4,6,8-10,12-13,18,22-23H,5,7,11,14-16H2,1-2H3,(H,27,31)(H,28,32). The third-order valence-electron chi connectivity index (χ3n) is 6.70. The van der Waals surface area contributed by atoms with Gasteiger partial charge in [-0.25, -0.2) is 0 Å². The molecule has 7 nitrogen and oxygen atoms in total. The van der Waals surface area contributed by atoms with Gasteiger partial charge in [-0.3, -0.25) is 14.4 Å². The van der Waals surface area contributed by atoms with Crippen LogP contribution in [-0.4, -0.2) is 54.6 Å². The fourth-order valence-corrected chi connectivity index (χ4v) is 5.83. The molecule has 4 rings (SSSR count). The Morgan fingerprint density at radius 3 is 2.71 bits per heavy atom. The Morgan fingerprint density at radius 2 is 1.91 bits per heavy atom. The molecule has 2 aromatic rings. The first kappa shape index (κ1) is 24.1. The normalized spacial score (nSPS) is 21.5. The van der Waals surface area contributed by atoms with Gasteiger partial charge in [-0.2, -0.15) is 0 Å².